The average Bonchev–Trinajstić information content (AvgIpc) is 2.49. The van der Waals surface area contributed by atoms with Crippen molar-refractivity contribution in [3.8, 4) is 0 Å². The van der Waals surface area contributed by atoms with E-state index in [1.165, 1.54) is 6.42 Å². The Morgan fingerprint density at radius 2 is 1.96 bits per heavy atom. The molecular weight excluding hydrogens is 320 g/mol. The molecule has 0 aromatic heterocycles. The molecular formula is C16H21F2N3OS. The first-order chi connectivity index (χ1) is 10.9. The van der Waals surface area contributed by atoms with Gasteiger partial charge in [0.1, 0.15) is 11.6 Å². The smallest absolute Gasteiger partial charge is 0.272 e. The van der Waals surface area contributed by atoms with E-state index in [1.807, 2.05) is 0 Å². The number of rotatable bonds is 2. The molecule has 1 aromatic carbocycles. The van der Waals surface area contributed by atoms with Crippen LogP contribution >= 0.6 is 12.2 Å². The molecule has 4 nitrogen and oxygen atoms in total. The van der Waals surface area contributed by atoms with Crippen molar-refractivity contribution in [2.45, 2.75) is 39.2 Å². The van der Waals surface area contributed by atoms with Gasteiger partial charge >= 0.3 is 0 Å². The van der Waals surface area contributed by atoms with Gasteiger partial charge in [-0.15, -0.1) is 0 Å². The van der Waals surface area contributed by atoms with Crippen LogP contribution in [0.1, 0.15) is 43.5 Å². The van der Waals surface area contributed by atoms with Crippen LogP contribution in [0.4, 0.5) is 8.78 Å². The minimum Gasteiger partial charge on any atom is -0.358 e. The second-order valence-electron chi connectivity index (χ2n) is 6.05. The van der Waals surface area contributed by atoms with Crippen molar-refractivity contribution < 1.29 is 13.6 Å². The van der Waals surface area contributed by atoms with Gasteiger partial charge in [0.05, 0.1) is 5.56 Å². The van der Waals surface area contributed by atoms with E-state index in [9.17, 15) is 13.6 Å². The molecule has 1 aromatic rings. The molecule has 1 saturated carbocycles. The molecule has 0 aliphatic heterocycles. The summed E-state index contributed by atoms with van der Waals surface area (Å²) in [5, 5.41) is 3.47. The first-order valence-corrected chi connectivity index (χ1v) is 8.11. The molecule has 0 spiro atoms. The Morgan fingerprint density at radius 3 is 2.65 bits per heavy atom. The Balaban J connectivity index is 1.85. The number of thiocarbonyl (C=S) groups is 1. The van der Waals surface area contributed by atoms with Crippen LogP contribution in [0.5, 0.6) is 0 Å². The Bertz CT molecular complexity index is 597. The Hall–Kier alpha value is -1.76. The van der Waals surface area contributed by atoms with Crippen molar-refractivity contribution in [2.24, 2.45) is 11.8 Å². The van der Waals surface area contributed by atoms with E-state index < -0.39 is 17.5 Å². The molecule has 0 heterocycles. The van der Waals surface area contributed by atoms with Crippen LogP contribution in [0, 0.1) is 23.5 Å². The lowest BCUT2D eigenvalue weighted by Crippen LogP contribution is -2.52. The highest BCUT2D eigenvalue weighted by Gasteiger charge is 2.27. The third-order valence-electron chi connectivity index (χ3n) is 4.49. The summed E-state index contributed by atoms with van der Waals surface area (Å²) >= 11 is 5.16. The maximum atomic E-state index is 13.5. The van der Waals surface area contributed by atoms with Gasteiger partial charge in [-0.25, -0.2) is 8.78 Å². The number of nitrogens with one attached hydrogen (secondary N) is 3. The zero-order valence-electron chi connectivity index (χ0n) is 13.2. The number of carbonyl (C=O) groups is 1. The summed E-state index contributed by atoms with van der Waals surface area (Å²) in [5.41, 5.74) is 4.64. The summed E-state index contributed by atoms with van der Waals surface area (Å²) in [6, 6.07) is 3.03. The molecule has 3 atom stereocenters. The van der Waals surface area contributed by atoms with Gasteiger partial charge in [-0.1, -0.05) is 26.7 Å². The molecule has 0 saturated heterocycles. The van der Waals surface area contributed by atoms with Gasteiger partial charge in [-0.3, -0.25) is 15.6 Å². The van der Waals surface area contributed by atoms with E-state index in [2.05, 4.69) is 30.0 Å². The highest BCUT2D eigenvalue weighted by atomic mass is 32.1. The quantitative estimate of drug-likeness (QED) is 0.572. The summed E-state index contributed by atoms with van der Waals surface area (Å²) in [6.45, 7) is 4.39. The first kappa shape index (κ1) is 17.6. The lowest BCUT2D eigenvalue weighted by Gasteiger charge is -2.35. The molecule has 0 bridgehead atoms. The minimum absolute atomic E-state index is 0.248. The monoisotopic (exact) mass is 341 g/mol. The molecule has 23 heavy (non-hydrogen) atoms. The topological polar surface area (TPSA) is 53.2 Å². The van der Waals surface area contributed by atoms with Gasteiger partial charge in [0.25, 0.3) is 5.91 Å². The molecule has 1 aliphatic carbocycles. The third-order valence-corrected chi connectivity index (χ3v) is 4.71. The fraction of sp³-hybridized carbons (Fsp3) is 0.500. The molecule has 1 fully saturated rings. The molecule has 0 unspecified atom stereocenters. The zero-order chi connectivity index (χ0) is 17.0. The number of halogens is 2. The van der Waals surface area contributed by atoms with Crippen molar-refractivity contribution >= 4 is 23.2 Å². The number of benzene rings is 1. The fourth-order valence-electron chi connectivity index (χ4n) is 2.84. The van der Waals surface area contributed by atoms with Crippen molar-refractivity contribution in [3.63, 3.8) is 0 Å². The second kappa shape index (κ2) is 7.68. The molecule has 1 amide bonds. The molecule has 126 valence electrons. The number of hydrogen-bond donors (Lipinski definition) is 3. The third kappa shape index (κ3) is 4.60. The van der Waals surface area contributed by atoms with Crippen LogP contribution in [0.25, 0.3) is 0 Å². The van der Waals surface area contributed by atoms with E-state index in [0.717, 1.165) is 25.0 Å². The number of hydrogen-bond acceptors (Lipinski definition) is 2. The van der Waals surface area contributed by atoms with Crippen LogP contribution in [-0.4, -0.2) is 17.1 Å². The Labute approximate surface area is 140 Å². The molecule has 1 aliphatic rings. The van der Waals surface area contributed by atoms with Crippen molar-refractivity contribution in [1.82, 2.24) is 16.2 Å². The molecule has 7 heteroatoms. The Morgan fingerprint density at radius 1 is 1.22 bits per heavy atom. The van der Waals surface area contributed by atoms with Gasteiger partial charge in [0.15, 0.2) is 5.11 Å². The molecule has 3 N–H and O–H groups in total. The van der Waals surface area contributed by atoms with E-state index in [4.69, 9.17) is 12.2 Å². The summed E-state index contributed by atoms with van der Waals surface area (Å²) in [4.78, 5) is 11.9. The van der Waals surface area contributed by atoms with E-state index >= 15 is 0 Å². The lowest BCUT2D eigenvalue weighted by molar-refractivity contribution is 0.0939. The van der Waals surface area contributed by atoms with Gasteiger partial charge < -0.3 is 5.32 Å². The van der Waals surface area contributed by atoms with Crippen LogP contribution in [-0.2, 0) is 0 Å². The number of carbonyl (C=O) groups excluding carboxylic acids is 1. The summed E-state index contributed by atoms with van der Waals surface area (Å²) in [5.74, 6) is -1.26. The Kier molecular flexibility index (Phi) is 5.87. The van der Waals surface area contributed by atoms with Crippen LogP contribution in [0.15, 0.2) is 18.2 Å². The standard InChI is InChI=1S/C16H21F2N3OS/c1-9-4-3-5-14(10(9)2)19-16(23)21-20-15(22)12-7-6-11(17)8-13(12)18/h6-10,14H,3-5H2,1-2H3,(H,20,22)(H2,19,21,23)/t9-,10+,14+/m0/s1. The lowest BCUT2D eigenvalue weighted by atomic mass is 9.78. The van der Waals surface area contributed by atoms with Gasteiger partial charge in [0, 0.05) is 12.1 Å². The molecule has 2 rings (SSSR count). The van der Waals surface area contributed by atoms with Crippen molar-refractivity contribution in [1.29, 1.82) is 0 Å². The van der Waals surface area contributed by atoms with Crippen LogP contribution < -0.4 is 16.2 Å². The van der Waals surface area contributed by atoms with E-state index in [-0.39, 0.29) is 16.7 Å². The first-order valence-electron chi connectivity index (χ1n) is 7.70. The summed E-state index contributed by atoms with van der Waals surface area (Å²) in [7, 11) is 0. The molecule has 0 radical (unpaired) electrons. The predicted octanol–water partition coefficient (Wildman–Crippen LogP) is 2.90. The predicted molar refractivity (Wildman–Crippen MR) is 88.7 cm³/mol. The van der Waals surface area contributed by atoms with Crippen LogP contribution in [0.3, 0.4) is 0 Å². The second-order valence-corrected chi connectivity index (χ2v) is 6.46. The number of amides is 1. The largest absolute Gasteiger partial charge is 0.358 e. The SMILES string of the molecule is C[C@@H]1[C@@H](C)CCC[C@H]1NC(=S)NNC(=O)c1ccc(F)cc1F. The van der Waals surface area contributed by atoms with Crippen molar-refractivity contribution in [2.75, 3.05) is 0 Å². The summed E-state index contributed by atoms with van der Waals surface area (Å²) < 4.78 is 26.4. The van der Waals surface area contributed by atoms with E-state index in [0.29, 0.717) is 17.9 Å². The fourth-order valence-corrected chi connectivity index (χ4v) is 3.05. The minimum atomic E-state index is -0.919. The maximum Gasteiger partial charge on any atom is 0.272 e. The maximum absolute atomic E-state index is 13.5. The van der Waals surface area contributed by atoms with Crippen LogP contribution in [0.2, 0.25) is 0 Å². The average molecular weight is 341 g/mol. The van der Waals surface area contributed by atoms with Gasteiger partial charge in [-0.2, -0.15) is 0 Å². The van der Waals surface area contributed by atoms with E-state index in [1.54, 1.807) is 0 Å². The summed E-state index contributed by atoms with van der Waals surface area (Å²) in [6.07, 6.45) is 3.37. The zero-order valence-corrected chi connectivity index (χ0v) is 14.0. The van der Waals surface area contributed by atoms with Gasteiger partial charge in [0.2, 0.25) is 0 Å². The number of hydrazine groups is 1. The van der Waals surface area contributed by atoms with Gasteiger partial charge in [-0.05, 0) is 42.6 Å². The highest BCUT2D eigenvalue weighted by molar-refractivity contribution is 7.80. The highest BCUT2D eigenvalue weighted by Crippen LogP contribution is 2.29. The van der Waals surface area contributed by atoms with Crippen molar-refractivity contribution in [3.05, 3.63) is 35.4 Å². The normalized spacial score (nSPS) is 23.9.